The highest BCUT2D eigenvalue weighted by Gasteiger charge is 2.54. The van der Waals surface area contributed by atoms with Crippen LogP contribution in [0.1, 0.15) is 17.2 Å². The first-order valence-electron chi connectivity index (χ1n) is 7.56. The van der Waals surface area contributed by atoms with Crippen LogP contribution in [0.25, 0.3) is 0 Å². The molecule has 0 aliphatic carbocycles. The first kappa shape index (κ1) is 15.0. The molecule has 3 heterocycles. The summed E-state index contributed by atoms with van der Waals surface area (Å²) in [5.74, 6) is -0.357. The molecule has 1 saturated heterocycles. The van der Waals surface area contributed by atoms with Crippen molar-refractivity contribution in [2.24, 2.45) is 5.92 Å². The molecule has 1 aromatic carbocycles. The number of esters is 1. The fourth-order valence-electron chi connectivity index (χ4n) is 3.17. The van der Waals surface area contributed by atoms with E-state index in [1.165, 1.54) is 12.5 Å². The maximum absolute atomic E-state index is 12.2. The van der Waals surface area contributed by atoms with Gasteiger partial charge < -0.3 is 28.8 Å². The molecule has 7 heteroatoms. The number of hydrogen-bond acceptors (Lipinski definition) is 7. The van der Waals surface area contributed by atoms with E-state index in [4.69, 9.17) is 18.6 Å². The monoisotopic (exact) mass is 332 g/mol. The minimum atomic E-state index is -1.83. The zero-order valence-electron chi connectivity index (χ0n) is 12.7. The molecule has 3 atom stereocenters. The van der Waals surface area contributed by atoms with Gasteiger partial charge in [0.25, 0.3) is 0 Å². The molecule has 0 radical (unpaired) electrons. The van der Waals surface area contributed by atoms with E-state index < -0.39 is 23.6 Å². The van der Waals surface area contributed by atoms with Gasteiger partial charge in [-0.15, -0.1) is 0 Å². The van der Waals surface area contributed by atoms with E-state index in [0.717, 1.165) is 0 Å². The molecule has 1 aromatic heterocycles. The van der Waals surface area contributed by atoms with Gasteiger partial charge in [-0.1, -0.05) is 6.07 Å². The smallest absolute Gasteiger partial charge is 0.339 e. The molecule has 2 aliphatic heterocycles. The molecular weight excluding hydrogens is 316 g/mol. The maximum Gasteiger partial charge on any atom is 0.339 e. The zero-order valence-corrected chi connectivity index (χ0v) is 12.7. The number of rotatable bonds is 4. The normalized spacial score (nSPS) is 26.4. The van der Waals surface area contributed by atoms with Gasteiger partial charge in [0.1, 0.15) is 6.61 Å². The largest absolute Gasteiger partial charge is 0.472 e. The van der Waals surface area contributed by atoms with Crippen LogP contribution in [0.5, 0.6) is 11.5 Å². The highest BCUT2D eigenvalue weighted by atomic mass is 16.7. The van der Waals surface area contributed by atoms with Gasteiger partial charge in [0.15, 0.2) is 17.1 Å². The van der Waals surface area contributed by atoms with E-state index >= 15 is 0 Å². The molecule has 0 saturated carbocycles. The Labute approximate surface area is 137 Å². The summed E-state index contributed by atoms with van der Waals surface area (Å²) in [6.45, 7) is 0.0825. The van der Waals surface area contributed by atoms with Crippen LogP contribution in [-0.4, -0.2) is 35.2 Å². The number of aliphatic hydroxyl groups is 2. The van der Waals surface area contributed by atoms with Crippen LogP contribution in [0, 0.1) is 5.92 Å². The van der Waals surface area contributed by atoms with Gasteiger partial charge in [-0.25, -0.2) is 4.79 Å². The first-order chi connectivity index (χ1) is 11.6. The fourth-order valence-corrected chi connectivity index (χ4v) is 3.17. The number of benzene rings is 1. The lowest BCUT2D eigenvalue weighted by Crippen LogP contribution is -2.45. The Balaban J connectivity index is 1.62. The predicted molar refractivity (Wildman–Crippen MR) is 79.3 cm³/mol. The summed E-state index contributed by atoms with van der Waals surface area (Å²) in [6.07, 6.45) is 1.73. The highest BCUT2D eigenvalue weighted by Crippen LogP contribution is 2.40. The number of fused-ring (bicyclic) bond motifs is 1. The second-order valence-electron chi connectivity index (χ2n) is 6.00. The Morgan fingerprint density at radius 3 is 2.83 bits per heavy atom. The summed E-state index contributed by atoms with van der Waals surface area (Å²) in [6, 6.07) is 6.78. The minimum Gasteiger partial charge on any atom is -0.472 e. The van der Waals surface area contributed by atoms with E-state index in [1.807, 2.05) is 0 Å². The third kappa shape index (κ3) is 2.33. The van der Waals surface area contributed by atoms with Gasteiger partial charge in [-0.05, 0) is 23.8 Å². The lowest BCUT2D eigenvalue weighted by atomic mass is 9.79. The van der Waals surface area contributed by atoms with Crippen molar-refractivity contribution in [3.05, 3.63) is 47.9 Å². The lowest BCUT2D eigenvalue weighted by Gasteiger charge is -2.28. The van der Waals surface area contributed by atoms with Gasteiger partial charge >= 0.3 is 5.97 Å². The van der Waals surface area contributed by atoms with Crippen molar-refractivity contribution in [2.75, 3.05) is 13.4 Å². The average molecular weight is 332 g/mol. The second kappa shape index (κ2) is 5.54. The number of cyclic esters (lactones) is 1. The molecule has 126 valence electrons. The van der Waals surface area contributed by atoms with Crippen molar-refractivity contribution in [3.63, 3.8) is 0 Å². The van der Waals surface area contributed by atoms with E-state index in [1.54, 1.807) is 24.3 Å². The zero-order chi connectivity index (χ0) is 16.7. The highest BCUT2D eigenvalue weighted by molar-refractivity contribution is 5.82. The Hall–Kier alpha value is -2.51. The van der Waals surface area contributed by atoms with Crippen LogP contribution in [-0.2, 0) is 16.0 Å². The minimum absolute atomic E-state index is 0.00204. The molecule has 1 fully saturated rings. The third-order valence-corrected chi connectivity index (χ3v) is 4.54. The van der Waals surface area contributed by atoms with Crippen molar-refractivity contribution in [3.8, 4) is 11.5 Å². The Kier molecular flexibility index (Phi) is 3.47. The van der Waals surface area contributed by atoms with Gasteiger partial charge in [0.05, 0.1) is 24.5 Å². The number of furan rings is 1. The van der Waals surface area contributed by atoms with E-state index in [2.05, 4.69) is 0 Å². The number of aliphatic hydroxyl groups excluding tert-OH is 1. The molecule has 2 N–H and O–H groups in total. The van der Waals surface area contributed by atoms with E-state index in [9.17, 15) is 15.0 Å². The molecule has 0 unspecified atom stereocenters. The molecule has 0 bridgehead atoms. The summed E-state index contributed by atoms with van der Waals surface area (Å²) in [5, 5.41) is 21.5. The summed E-state index contributed by atoms with van der Waals surface area (Å²) in [4.78, 5) is 12.2. The van der Waals surface area contributed by atoms with Crippen LogP contribution in [0.2, 0.25) is 0 Å². The van der Waals surface area contributed by atoms with Crippen molar-refractivity contribution < 1.29 is 33.6 Å². The summed E-state index contributed by atoms with van der Waals surface area (Å²) >= 11 is 0. The van der Waals surface area contributed by atoms with Gasteiger partial charge in [0, 0.05) is 12.0 Å². The molecule has 4 rings (SSSR count). The van der Waals surface area contributed by atoms with Crippen molar-refractivity contribution in [1.29, 1.82) is 0 Å². The fraction of sp³-hybridized carbons (Fsp3) is 0.353. The topological polar surface area (TPSA) is 98.4 Å². The average Bonchev–Trinajstić information content (AvgIpc) is 3.29. The van der Waals surface area contributed by atoms with Crippen molar-refractivity contribution in [2.45, 2.75) is 18.1 Å². The van der Waals surface area contributed by atoms with E-state index in [-0.39, 0.29) is 19.8 Å². The molecular formula is C17H16O7. The predicted octanol–water partition coefficient (Wildman–Crippen LogP) is 1.19. The van der Waals surface area contributed by atoms with Crippen LogP contribution in [0.3, 0.4) is 0 Å². The Morgan fingerprint density at radius 2 is 2.04 bits per heavy atom. The van der Waals surface area contributed by atoms with Crippen molar-refractivity contribution in [1.82, 2.24) is 0 Å². The lowest BCUT2D eigenvalue weighted by molar-refractivity contribution is -0.155. The third-order valence-electron chi connectivity index (χ3n) is 4.54. The van der Waals surface area contributed by atoms with Gasteiger partial charge in [-0.2, -0.15) is 0 Å². The number of carbonyl (C=O) groups excluding carboxylic acids is 1. The van der Waals surface area contributed by atoms with E-state index in [0.29, 0.717) is 22.6 Å². The van der Waals surface area contributed by atoms with Crippen molar-refractivity contribution >= 4 is 5.97 Å². The number of carbonyl (C=O) groups is 1. The Morgan fingerprint density at radius 1 is 1.21 bits per heavy atom. The van der Waals surface area contributed by atoms with Gasteiger partial charge in [-0.3, -0.25) is 0 Å². The molecule has 7 nitrogen and oxygen atoms in total. The summed E-state index contributed by atoms with van der Waals surface area (Å²) in [7, 11) is 0. The standard InChI is InChI=1S/C17H16O7/c18-15(11-3-4-21-7-11)12-8-22-16(19)17(12,20)6-10-1-2-13-14(5-10)24-9-23-13/h1-5,7,12,15,18,20H,6,8-9H2/t12-,15-,17+/m1/s1. The molecule has 2 aliphatic rings. The molecule has 2 aromatic rings. The van der Waals surface area contributed by atoms with Crippen LogP contribution >= 0.6 is 0 Å². The molecule has 0 spiro atoms. The SMILES string of the molecule is O=C1OC[C@H]([C@H](O)c2ccoc2)[C@@]1(O)Cc1ccc2c(c1)OCO2. The molecule has 24 heavy (non-hydrogen) atoms. The first-order valence-corrected chi connectivity index (χ1v) is 7.56. The summed E-state index contributed by atoms with van der Waals surface area (Å²) in [5.41, 5.74) is -0.655. The Bertz CT molecular complexity index is 754. The van der Waals surface area contributed by atoms with Crippen LogP contribution in [0.4, 0.5) is 0 Å². The molecule has 0 amide bonds. The van der Waals surface area contributed by atoms with Crippen LogP contribution in [0.15, 0.2) is 41.2 Å². The summed E-state index contributed by atoms with van der Waals surface area (Å²) < 4.78 is 20.6. The van der Waals surface area contributed by atoms with Gasteiger partial charge in [0.2, 0.25) is 6.79 Å². The maximum atomic E-state index is 12.2. The number of hydrogen-bond donors (Lipinski definition) is 2. The second-order valence-corrected chi connectivity index (χ2v) is 6.00. The quantitative estimate of drug-likeness (QED) is 0.811. The van der Waals surface area contributed by atoms with Crippen LogP contribution < -0.4 is 9.47 Å². The number of ether oxygens (including phenoxy) is 3.